The van der Waals surface area contributed by atoms with Gasteiger partial charge >= 0.3 is 0 Å². The molecule has 1 saturated heterocycles. The minimum atomic E-state index is 0.0479. The van der Waals surface area contributed by atoms with Crippen LogP contribution in [0.15, 0.2) is 53.7 Å². The number of carbonyl (C=O) groups excluding carboxylic acids is 2. The molecule has 1 fully saturated rings. The van der Waals surface area contributed by atoms with Crippen LogP contribution in [-0.4, -0.2) is 64.4 Å². The molecule has 2 aliphatic rings. The summed E-state index contributed by atoms with van der Waals surface area (Å²) >= 11 is 1.40. The van der Waals surface area contributed by atoms with Gasteiger partial charge in [0.05, 0.1) is 30.0 Å². The fourth-order valence-electron chi connectivity index (χ4n) is 4.51. The third kappa shape index (κ3) is 4.00. The average Bonchev–Trinajstić information content (AvgIpc) is 3.34. The number of benzene rings is 2. The number of amides is 2. The van der Waals surface area contributed by atoms with E-state index in [-0.39, 0.29) is 30.2 Å². The first-order valence-corrected chi connectivity index (χ1v) is 11.9. The molecule has 5 rings (SSSR count). The second kappa shape index (κ2) is 8.96. The molecule has 1 atom stereocenters. The lowest BCUT2D eigenvalue weighted by atomic mass is 10.1. The highest BCUT2D eigenvalue weighted by molar-refractivity contribution is 7.99. The number of nitrogens with zero attached hydrogens (tertiary/aromatic N) is 4. The molecule has 2 amide bonds. The van der Waals surface area contributed by atoms with E-state index in [9.17, 15) is 9.59 Å². The van der Waals surface area contributed by atoms with Gasteiger partial charge in [0, 0.05) is 24.8 Å². The van der Waals surface area contributed by atoms with Crippen LogP contribution in [0, 0.1) is 0 Å². The number of hydrogen-bond donors (Lipinski definition) is 0. The summed E-state index contributed by atoms with van der Waals surface area (Å²) in [7, 11) is 0. The van der Waals surface area contributed by atoms with Crippen molar-refractivity contribution in [2.45, 2.75) is 31.1 Å². The van der Waals surface area contributed by atoms with Gasteiger partial charge in [0.15, 0.2) is 5.16 Å². The van der Waals surface area contributed by atoms with Gasteiger partial charge in [-0.25, -0.2) is 4.98 Å². The van der Waals surface area contributed by atoms with Gasteiger partial charge in [-0.15, -0.1) is 0 Å². The first kappa shape index (κ1) is 21.0. The number of aromatic nitrogens is 2. The van der Waals surface area contributed by atoms with Gasteiger partial charge in [0.25, 0.3) is 0 Å². The van der Waals surface area contributed by atoms with Crippen LogP contribution < -0.4 is 4.90 Å². The minimum absolute atomic E-state index is 0.0479. The Morgan fingerprint density at radius 1 is 1.06 bits per heavy atom. The Kier molecular flexibility index (Phi) is 5.89. The number of hydrogen-bond acceptors (Lipinski definition) is 5. The van der Waals surface area contributed by atoms with Gasteiger partial charge in [-0.3, -0.25) is 9.59 Å². The van der Waals surface area contributed by atoms with Crippen LogP contribution in [0.5, 0.6) is 0 Å². The van der Waals surface area contributed by atoms with Crippen molar-refractivity contribution in [1.29, 1.82) is 0 Å². The van der Waals surface area contributed by atoms with E-state index in [1.54, 1.807) is 0 Å². The smallest absolute Gasteiger partial charge is 0.242 e. The highest BCUT2D eigenvalue weighted by atomic mass is 32.2. The van der Waals surface area contributed by atoms with Crippen molar-refractivity contribution >= 4 is 40.3 Å². The number of anilines is 1. The number of carbonyl (C=O) groups is 2. The molecule has 0 radical (unpaired) electrons. The van der Waals surface area contributed by atoms with Crippen LogP contribution in [-0.2, 0) is 27.3 Å². The summed E-state index contributed by atoms with van der Waals surface area (Å²) in [4.78, 5) is 34.6. The van der Waals surface area contributed by atoms with E-state index < -0.39 is 0 Å². The van der Waals surface area contributed by atoms with Crippen LogP contribution in [0.3, 0.4) is 0 Å². The Morgan fingerprint density at radius 2 is 1.81 bits per heavy atom. The first-order valence-electron chi connectivity index (χ1n) is 11.0. The molecule has 8 heteroatoms. The van der Waals surface area contributed by atoms with Gasteiger partial charge in [-0.1, -0.05) is 42.1 Å². The Morgan fingerprint density at radius 3 is 2.66 bits per heavy atom. The Labute approximate surface area is 191 Å². The molecule has 0 bridgehead atoms. The lowest BCUT2D eigenvalue weighted by Gasteiger charge is -2.27. The SMILES string of the molecule is C[C@H]1Cc2ccccc2N1C(=O)CSc1nc2ccccc2n1CC(=O)N1CCOCC1. The third-order valence-electron chi connectivity index (χ3n) is 6.08. The molecule has 32 heavy (non-hydrogen) atoms. The lowest BCUT2D eigenvalue weighted by molar-refractivity contribution is -0.135. The Bertz CT molecular complexity index is 1160. The molecule has 0 unspecified atom stereocenters. The summed E-state index contributed by atoms with van der Waals surface area (Å²) in [5, 5.41) is 0.696. The molecule has 0 spiro atoms. The molecule has 2 aliphatic heterocycles. The van der Waals surface area contributed by atoms with Gasteiger partial charge in [0.2, 0.25) is 11.8 Å². The highest BCUT2D eigenvalue weighted by Gasteiger charge is 2.31. The van der Waals surface area contributed by atoms with Crippen LogP contribution in [0.25, 0.3) is 11.0 Å². The molecule has 1 aromatic heterocycles. The van der Waals surface area contributed by atoms with Crippen LogP contribution in [0.2, 0.25) is 0 Å². The number of para-hydroxylation sites is 3. The zero-order chi connectivity index (χ0) is 22.1. The number of rotatable bonds is 5. The molecular formula is C24H26N4O3S. The van der Waals surface area contributed by atoms with E-state index in [4.69, 9.17) is 9.72 Å². The van der Waals surface area contributed by atoms with Crippen LogP contribution in [0.1, 0.15) is 12.5 Å². The Hall–Kier alpha value is -2.84. The van der Waals surface area contributed by atoms with E-state index in [0.717, 1.165) is 23.1 Å². The minimum Gasteiger partial charge on any atom is -0.378 e. The quantitative estimate of drug-likeness (QED) is 0.559. The predicted molar refractivity (Wildman–Crippen MR) is 125 cm³/mol. The van der Waals surface area contributed by atoms with Crippen molar-refractivity contribution in [2.24, 2.45) is 0 Å². The van der Waals surface area contributed by atoms with Gasteiger partial charge < -0.3 is 19.1 Å². The topological polar surface area (TPSA) is 67.7 Å². The van der Waals surface area contributed by atoms with E-state index in [1.807, 2.05) is 56.8 Å². The van der Waals surface area contributed by atoms with Crippen molar-refractivity contribution in [3.05, 3.63) is 54.1 Å². The first-order chi connectivity index (χ1) is 15.6. The van der Waals surface area contributed by atoms with E-state index >= 15 is 0 Å². The normalized spacial score (nSPS) is 18.2. The number of imidazole rings is 1. The number of fused-ring (bicyclic) bond motifs is 2. The predicted octanol–water partition coefficient (Wildman–Crippen LogP) is 2.97. The maximum atomic E-state index is 13.2. The fraction of sp³-hybridized carbons (Fsp3) is 0.375. The maximum Gasteiger partial charge on any atom is 0.242 e. The molecule has 0 aliphatic carbocycles. The van der Waals surface area contributed by atoms with Crippen molar-refractivity contribution in [2.75, 3.05) is 37.0 Å². The monoisotopic (exact) mass is 450 g/mol. The van der Waals surface area contributed by atoms with E-state index in [0.29, 0.717) is 31.5 Å². The van der Waals surface area contributed by atoms with Crippen LogP contribution in [0.4, 0.5) is 5.69 Å². The van der Waals surface area contributed by atoms with E-state index in [2.05, 4.69) is 13.0 Å². The third-order valence-corrected chi connectivity index (χ3v) is 7.04. The number of morpholine rings is 1. The number of ether oxygens (including phenoxy) is 1. The summed E-state index contributed by atoms with van der Waals surface area (Å²) in [5.41, 5.74) is 3.95. The van der Waals surface area contributed by atoms with Crippen molar-refractivity contribution in [1.82, 2.24) is 14.5 Å². The summed E-state index contributed by atoms with van der Waals surface area (Å²) in [5.74, 6) is 0.380. The zero-order valence-electron chi connectivity index (χ0n) is 18.1. The Balaban J connectivity index is 1.35. The molecule has 166 valence electrons. The molecule has 3 aromatic rings. The maximum absolute atomic E-state index is 13.2. The van der Waals surface area contributed by atoms with Crippen molar-refractivity contribution < 1.29 is 14.3 Å². The largest absolute Gasteiger partial charge is 0.378 e. The molecular weight excluding hydrogens is 424 g/mol. The summed E-state index contributed by atoms with van der Waals surface area (Å²) < 4.78 is 7.30. The molecule has 3 heterocycles. The van der Waals surface area contributed by atoms with Gasteiger partial charge in [0.1, 0.15) is 6.54 Å². The van der Waals surface area contributed by atoms with Crippen molar-refractivity contribution in [3.8, 4) is 0 Å². The molecule has 7 nitrogen and oxygen atoms in total. The molecule has 0 N–H and O–H groups in total. The second-order valence-electron chi connectivity index (χ2n) is 8.20. The van der Waals surface area contributed by atoms with Crippen molar-refractivity contribution in [3.63, 3.8) is 0 Å². The summed E-state index contributed by atoms with van der Waals surface area (Å²) in [6, 6.07) is 16.0. The average molecular weight is 451 g/mol. The molecule has 0 saturated carbocycles. The summed E-state index contributed by atoms with van der Waals surface area (Å²) in [6.07, 6.45) is 0.874. The summed E-state index contributed by atoms with van der Waals surface area (Å²) in [6.45, 7) is 4.65. The highest BCUT2D eigenvalue weighted by Crippen LogP contribution is 2.33. The standard InChI is InChI=1S/C24H26N4O3S/c1-17-14-18-6-2-4-8-20(18)28(17)23(30)16-32-24-25-19-7-3-5-9-21(19)27(24)15-22(29)26-10-12-31-13-11-26/h2-9,17H,10-16H2,1H3/t17-/m0/s1. The van der Waals surface area contributed by atoms with E-state index in [1.165, 1.54) is 17.3 Å². The lowest BCUT2D eigenvalue weighted by Crippen LogP contribution is -2.42. The fourth-order valence-corrected chi connectivity index (χ4v) is 5.38. The second-order valence-corrected chi connectivity index (χ2v) is 9.14. The van der Waals surface area contributed by atoms with Gasteiger partial charge in [-0.05, 0) is 37.1 Å². The van der Waals surface area contributed by atoms with Gasteiger partial charge in [-0.2, -0.15) is 0 Å². The zero-order valence-corrected chi connectivity index (χ0v) is 18.9. The number of thioether (sulfide) groups is 1. The van der Waals surface area contributed by atoms with Crippen LogP contribution >= 0.6 is 11.8 Å². The molecule has 2 aromatic carbocycles.